The monoisotopic (exact) mass is 307 g/mol. The first kappa shape index (κ1) is 19.2. The van der Waals surface area contributed by atoms with Gasteiger partial charge in [0.2, 0.25) is 0 Å². The lowest BCUT2D eigenvalue weighted by Gasteiger charge is -2.07. The van der Waals surface area contributed by atoms with Gasteiger partial charge in [-0.2, -0.15) is 0 Å². The summed E-state index contributed by atoms with van der Waals surface area (Å²) in [4.78, 5) is 16.1. The molecule has 1 aromatic carbocycles. The molecule has 0 radical (unpaired) electrons. The zero-order chi connectivity index (χ0) is 15.6. The molecule has 8 heteroatoms. The summed E-state index contributed by atoms with van der Waals surface area (Å²) in [5.41, 5.74) is 6.94. The Morgan fingerprint density at radius 2 is 1.85 bits per heavy atom. The van der Waals surface area contributed by atoms with Crippen molar-refractivity contribution < 1.29 is 29.1 Å². The van der Waals surface area contributed by atoms with Gasteiger partial charge in [0.1, 0.15) is 6.10 Å². The lowest BCUT2D eigenvalue weighted by Crippen LogP contribution is -2.18. The first-order valence-electron chi connectivity index (χ1n) is 6.03. The molecule has 2 atom stereocenters. The van der Waals surface area contributed by atoms with Crippen molar-refractivity contribution in [2.45, 2.75) is 25.5 Å². The van der Waals surface area contributed by atoms with Crippen LogP contribution in [0.5, 0.6) is 0 Å². The summed E-state index contributed by atoms with van der Waals surface area (Å²) in [5.74, 6) is 0. The van der Waals surface area contributed by atoms with Crippen LogP contribution in [-0.4, -0.2) is 45.4 Å². The van der Waals surface area contributed by atoms with Crippen molar-refractivity contribution in [2.24, 2.45) is 5.73 Å². The summed E-state index contributed by atoms with van der Waals surface area (Å²) in [5, 5.41) is 16.7. The van der Waals surface area contributed by atoms with Gasteiger partial charge in [0.25, 0.3) is 0 Å². The number of rotatable bonds is 6. The zero-order valence-electron chi connectivity index (χ0n) is 11.3. The van der Waals surface area contributed by atoms with E-state index in [1.807, 2.05) is 25.1 Å². The van der Waals surface area contributed by atoms with Crippen molar-refractivity contribution in [3.8, 4) is 0 Å². The van der Waals surface area contributed by atoms with Gasteiger partial charge >= 0.3 is 7.82 Å². The Hall–Kier alpha value is -0.790. The van der Waals surface area contributed by atoms with E-state index in [0.29, 0.717) is 0 Å². The van der Waals surface area contributed by atoms with E-state index < -0.39 is 27.1 Å². The topological polar surface area (TPSA) is 133 Å². The number of phosphoric ester groups is 1. The molecule has 0 bridgehead atoms. The lowest BCUT2D eigenvalue weighted by atomic mass is 10.1. The predicted octanol–water partition coefficient (Wildman–Crippen LogP) is 0.0252. The molecule has 0 amide bonds. The van der Waals surface area contributed by atoms with Crippen LogP contribution in [0.4, 0.5) is 0 Å². The van der Waals surface area contributed by atoms with Crippen LogP contribution >= 0.6 is 7.82 Å². The number of nitrogens with two attached hydrogens (primary N) is 1. The number of aliphatic hydroxyl groups is 2. The molecule has 0 aliphatic rings. The predicted molar refractivity (Wildman–Crippen MR) is 74.9 cm³/mol. The Balaban J connectivity index is 0.000000361. The van der Waals surface area contributed by atoms with Gasteiger partial charge in [-0.05, 0) is 18.9 Å². The number of aliphatic hydroxyl groups excluding tert-OH is 2. The third kappa shape index (κ3) is 12.3. The molecule has 7 nitrogen and oxygen atoms in total. The van der Waals surface area contributed by atoms with Crippen LogP contribution < -0.4 is 5.73 Å². The Morgan fingerprint density at radius 3 is 2.25 bits per heavy atom. The summed E-state index contributed by atoms with van der Waals surface area (Å²) < 4.78 is 13.8. The van der Waals surface area contributed by atoms with Crippen LogP contribution in [0.15, 0.2) is 30.3 Å². The molecule has 1 aromatic rings. The maximum Gasteiger partial charge on any atom is 0.469 e. The maximum atomic E-state index is 9.93. The van der Waals surface area contributed by atoms with Gasteiger partial charge in [-0.3, -0.25) is 4.52 Å². The first-order chi connectivity index (χ1) is 9.24. The smallest absolute Gasteiger partial charge is 0.394 e. The van der Waals surface area contributed by atoms with Crippen molar-refractivity contribution in [1.82, 2.24) is 0 Å². The minimum absolute atomic E-state index is 0.266. The van der Waals surface area contributed by atoms with Crippen molar-refractivity contribution in [2.75, 3.05) is 13.2 Å². The molecule has 0 fully saturated rings. The summed E-state index contributed by atoms with van der Waals surface area (Å²) in [6.45, 7) is 0.869. The second-order valence-corrected chi connectivity index (χ2v) is 5.53. The molecule has 0 aliphatic carbocycles. The van der Waals surface area contributed by atoms with Crippen LogP contribution in [0.3, 0.4) is 0 Å². The Morgan fingerprint density at radius 1 is 1.30 bits per heavy atom. The van der Waals surface area contributed by atoms with E-state index in [1.54, 1.807) is 0 Å². The van der Waals surface area contributed by atoms with E-state index in [4.69, 9.17) is 25.7 Å². The van der Waals surface area contributed by atoms with Gasteiger partial charge < -0.3 is 25.7 Å². The second-order valence-electron chi connectivity index (χ2n) is 4.29. The molecular weight excluding hydrogens is 285 g/mol. The van der Waals surface area contributed by atoms with Crippen molar-refractivity contribution in [3.05, 3.63) is 35.9 Å². The summed E-state index contributed by atoms with van der Waals surface area (Å²) in [6, 6.07) is 10.6. The number of benzene rings is 1. The van der Waals surface area contributed by atoms with Crippen LogP contribution in [0, 0.1) is 0 Å². The average molecular weight is 307 g/mol. The Bertz CT molecular complexity index is 394. The van der Waals surface area contributed by atoms with Crippen LogP contribution in [0.2, 0.25) is 0 Å². The molecule has 0 aromatic heterocycles. The maximum absolute atomic E-state index is 9.93. The molecule has 116 valence electrons. The van der Waals surface area contributed by atoms with Gasteiger partial charge in [-0.1, -0.05) is 30.3 Å². The summed E-state index contributed by atoms with van der Waals surface area (Å²) in [6.07, 6.45) is -0.270. The van der Waals surface area contributed by atoms with Crippen molar-refractivity contribution in [1.29, 1.82) is 0 Å². The fourth-order valence-electron chi connectivity index (χ4n) is 1.22. The molecule has 20 heavy (non-hydrogen) atoms. The van der Waals surface area contributed by atoms with E-state index in [0.717, 1.165) is 6.42 Å². The third-order valence-corrected chi connectivity index (χ3v) is 2.53. The second kappa shape index (κ2) is 10.0. The van der Waals surface area contributed by atoms with E-state index in [2.05, 4.69) is 16.7 Å². The Kier molecular flexibility index (Phi) is 9.62. The van der Waals surface area contributed by atoms with Crippen LogP contribution in [0.1, 0.15) is 12.5 Å². The fraction of sp³-hybridized carbons (Fsp3) is 0.500. The molecule has 0 spiro atoms. The normalized spacial score (nSPS) is 14.1. The molecule has 2 unspecified atom stereocenters. The highest BCUT2D eigenvalue weighted by molar-refractivity contribution is 7.46. The number of phosphoric acid groups is 1. The summed E-state index contributed by atoms with van der Waals surface area (Å²) >= 11 is 0. The molecule has 0 heterocycles. The molecule has 0 saturated carbocycles. The first-order valence-corrected chi connectivity index (χ1v) is 7.56. The van der Waals surface area contributed by atoms with E-state index in [-0.39, 0.29) is 6.04 Å². The Labute approximate surface area is 118 Å². The highest BCUT2D eigenvalue weighted by Gasteiger charge is 2.15. The number of hydrogen-bond acceptors (Lipinski definition) is 5. The van der Waals surface area contributed by atoms with Gasteiger partial charge in [0, 0.05) is 6.04 Å². The minimum Gasteiger partial charge on any atom is -0.394 e. The average Bonchev–Trinajstić information content (AvgIpc) is 2.36. The zero-order valence-corrected chi connectivity index (χ0v) is 12.2. The molecule has 0 saturated heterocycles. The fourth-order valence-corrected chi connectivity index (χ4v) is 1.59. The van der Waals surface area contributed by atoms with E-state index in [9.17, 15) is 4.57 Å². The van der Waals surface area contributed by atoms with Crippen LogP contribution in [0.25, 0.3) is 0 Å². The summed E-state index contributed by atoms with van der Waals surface area (Å²) in [7, 11) is -4.50. The highest BCUT2D eigenvalue weighted by atomic mass is 31.2. The standard InChI is InChI=1S/C9H13N.C3H9O6P/c1-8(10)7-9-5-3-2-4-6-9;4-1-3(5)2-9-10(6,7)8/h2-6,8H,7,10H2,1H3;3-5H,1-2H2,(H2,6,7,8). The van der Waals surface area contributed by atoms with Gasteiger partial charge in [0.15, 0.2) is 0 Å². The largest absolute Gasteiger partial charge is 0.469 e. The van der Waals surface area contributed by atoms with Crippen LogP contribution in [-0.2, 0) is 15.5 Å². The third-order valence-electron chi connectivity index (χ3n) is 2.05. The molecule has 6 N–H and O–H groups in total. The minimum atomic E-state index is -4.50. The van der Waals surface area contributed by atoms with Crippen molar-refractivity contribution >= 4 is 7.82 Å². The SMILES string of the molecule is CC(N)Cc1ccccc1.O=P(O)(O)OCC(O)CO. The van der Waals surface area contributed by atoms with E-state index >= 15 is 0 Å². The molecular formula is C12H22NO6P. The quantitative estimate of drug-likeness (QED) is 0.468. The molecule has 1 rings (SSSR count). The van der Waals surface area contributed by atoms with E-state index in [1.165, 1.54) is 5.56 Å². The van der Waals surface area contributed by atoms with Gasteiger partial charge in [-0.15, -0.1) is 0 Å². The van der Waals surface area contributed by atoms with Gasteiger partial charge in [-0.25, -0.2) is 4.57 Å². The van der Waals surface area contributed by atoms with Crippen molar-refractivity contribution in [3.63, 3.8) is 0 Å². The number of hydrogen-bond donors (Lipinski definition) is 5. The molecule has 0 aliphatic heterocycles. The highest BCUT2D eigenvalue weighted by Crippen LogP contribution is 2.35. The van der Waals surface area contributed by atoms with Gasteiger partial charge in [0.05, 0.1) is 13.2 Å². The lowest BCUT2D eigenvalue weighted by molar-refractivity contribution is 0.0419.